The molecule has 0 aliphatic rings. The highest BCUT2D eigenvalue weighted by molar-refractivity contribution is 14.1. The standard InChI is InChI=1S/C11H14INO/c1-8(14)13-11(2,3)9-4-6-10(12)7-5-9/h4-7H,1-3H3,(H,13,14). The minimum absolute atomic E-state index is 0.00597. The molecule has 3 heteroatoms. The van der Waals surface area contributed by atoms with E-state index in [0.29, 0.717) is 0 Å². The fourth-order valence-electron chi connectivity index (χ4n) is 1.38. The molecule has 0 bridgehead atoms. The molecule has 1 aromatic rings. The molecule has 1 rings (SSSR count). The summed E-state index contributed by atoms with van der Waals surface area (Å²) in [5, 5.41) is 2.91. The Morgan fingerprint density at radius 1 is 1.29 bits per heavy atom. The van der Waals surface area contributed by atoms with Gasteiger partial charge in [-0.1, -0.05) is 12.1 Å². The maximum atomic E-state index is 11.0. The Morgan fingerprint density at radius 3 is 2.21 bits per heavy atom. The molecule has 0 radical (unpaired) electrons. The topological polar surface area (TPSA) is 29.1 Å². The van der Waals surface area contributed by atoms with Crippen molar-refractivity contribution in [3.63, 3.8) is 0 Å². The van der Waals surface area contributed by atoms with Crippen LogP contribution in [0.5, 0.6) is 0 Å². The summed E-state index contributed by atoms with van der Waals surface area (Å²) in [7, 11) is 0. The van der Waals surface area contributed by atoms with E-state index in [0.717, 1.165) is 5.56 Å². The molecule has 0 heterocycles. The number of hydrogen-bond acceptors (Lipinski definition) is 1. The van der Waals surface area contributed by atoms with Gasteiger partial charge >= 0.3 is 0 Å². The second-order valence-corrected chi connectivity index (χ2v) is 5.06. The highest BCUT2D eigenvalue weighted by Gasteiger charge is 2.20. The van der Waals surface area contributed by atoms with Crippen LogP contribution in [-0.2, 0) is 10.3 Å². The van der Waals surface area contributed by atoms with Gasteiger partial charge in [-0.15, -0.1) is 0 Å². The molecule has 0 aliphatic carbocycles. The second-order valence-electron chi connectivity index (χ2n) is 3.81. The molecule has 0 saturated carbocycles. The SMILES string of the molecule is CC(=O)NC(C)(C)c1ccc(I)cc1. The molecule has 0 fully saturated rings. The van der Waals surface area contributed by atoms with E-state index in [1.165, 1.54) is 10.5 Å². The van der Waals surface area contributed by atoms with Crippen molar-refractivity contribution in [2.75, 3.05) is 0 Å². The number of amides is 1. The van der Waals surface area contributed by atoms with E-state index in [4.69, 9.17) is 0 Å². The number of carbonyl (C=O) groups excluding carboxylic acids is 1. The fourth-order valence-corrected chi connectivity index (χ4v) is 1.74. The van der Waals surface area contributed by atoms with Crippen LogP contribution < -0.4 is 5.32 Å². The van der Waals surface area contributed by atoms with Gasteiger partial charge in [0, 0.05) is 10.5 Å². The van der Waals surface area contributed by atoms with Gasteiger partial charge in [-0.25, -0.2) is 0 Å². The smallest absolute Gasteiger partial charge is 0.217 e. The van der Waals surface area contributed by atoms with E-state index < -0.39 is 0 Å². The van der Waals surface area contributed by atoms with E-state index in [1.54, 1.807) is 0 Å². The van der Waals surface area contributed by atoms with Gasteiger partial charge in [-0.2, -0.15) is 0 Å². The van der Waals surface area contributed by atoms with E-state index >= 15 is 0 Å². The lowest BCUT2D eigenvalue weighted by Crippen LogP contribution is -2.39. The summed E-state index contributed by atoms with van der Waals surface area (Å²) in [5.74, 6) is -0.00597. The molecule has 1 N–H and O–H groups in total. The van der Waals surface area contributed by atoms with Gasteiger partial charge in [0.25, 0.3) is 0 Å². The molecule has 0 unspecified atom stereocenters. The van der Waals surface area contributed by atoms with Crippen molar-refractivity contribution in [3.05, 3.63) is 33.4 Å². The summed E-state index contributed by atoms with van der Waals surface area (Å²) in [6.45, 7) is 5.53. The van der Waals surface area contributed by atoms with Gasteiger partial charge in [0.1, 0.15) is 0 Å². The summed E-state index contributed by atoms with van der Waals surface area (Å²) < 4.78 is 1.20. The van der Waals surface area contributed by atoms with Crippen molar-refractivity contribution in [1.29, 1.82) is 0 Å². The van der Waals surface area contributed by atoms with Crippen LogP contribution in [0.3, 0.4) is 0 Å². The largest absolute Gasteiger partial charge is 0.347 e. The van der Waals surface area contributed by atoms with Crippen LogP contribution in [0.25, 0.3) is 0 Å². The Bertz CT molecular complexity index is 330. The molecule has 1 aromatic carbocycles. The Balaban J connectivity index is 2.91. The summed E-state index contributed by atoms with van der Waals surface area (Å²) in [4.78, 5) is 11.0. The molecular formula is C11H14INO. The third-order valence-corrected chi connectivity index (χ3v) is 2.77. The molecular weight excluding hydrogens is 289 g/mol. The summed E-state index contributed by atoms with van der Waals surface area (Å²) in [6.07, 6.45) is 0. The molecule has 2 nitrogen and oxygen atoms in total. The van der Waals surface area contributed by atoms with Gasteiger partial charge < -0.3 is 5.32 Å². The number of nitrogens with one attached hydrogen (secondary N) is 1. The Morgan fingerprint density at radius 2 is 1.79 bits per heavy atom. The van der Waals surface area contributed by atoms with Crippen LogP contribution in [0.1, 0.15) is 26.3 Å². The zero-order valence-corrected chi connectivity index (χ0v) is 10.8. The lowest BCUT2D eigenvalue weighted by atomic mass is 9.94. The number of carbonyl (C=O) groups is 1. The minimum atomic E-state index is -0.295. The first kappa shape index (κ1) is 11.5. The zero-order chi connectivity index (χ0) is 10.8. The van der Waals surface area contributed by atoms with Crippen LogP contribution in [0.15, 0.2) is 24.3 Å². The number of halogens is 1. The first-order chi connectivity index (χ1) is 6.42. The highest BCUT2D eigenvalue weighted by atomic mass is 127. The first-order valence-electron chi connectivity index (χ1n) is 4.46. The second kappa shape index (κ2) is 4.29. The normalized spacial score (nSPS) is 11.1. The van der Waals surface area contributed by atoms with Crippen molar-refractivity contribution < 1.29 is 4.79 Å². The molecule has 0 spiro atoms. The average molecular weight is 303 g/mol. The maximum absolute atomic E-state index is 11.0. The van der Waals surface area contributed by atoms with Crippen LogP contribution in [0.4, 0.5) is 0 Å². The summed E-state index contributed by atoms with van der Waals surface area (Å²) in [5.41, 5.74) is 0.823. The quantitative estimate of drug-likeness (QED) is 0.836. The van der Waals surface area contributed by atoms with E-state index in [1.807, 2.05) is 38.1 Å². The van der Waals surface area contributed by atoms with Crippen molar-refractivity contribution in [1.82, 2.24) is 5.32 Å². The molecule has 0 atom stereocenters. The predicted molar refractivity (Wildman–Crippen MR) is 66.0 cm³/mol. The van der Waals surface area contributed by atoms with E-state index in [9.17, 15) is 4.79 Å². The van der Waals surface area contributed by atoms with Crippen LogP contribution >= 0.6 is 22.6 Å². The van der Waals surface area contributed by atoms with Gasteiger partial charge in [-0.05, 0) is 54.1 Å². The fraction of sp³-hybridized carbons (Fsp3) is 0.364. The van der Waals surface area contributed by atoms with Crippen molar-refractivity contribution >= 4 is 28.5 Å². The lowest BCUT2D eigenvalue weighted by Gasteiger charge is -2.26. The third-order valence-electron chi connectivity index (χ3n) is 2.05. The van der Waals surface area contributed by atoms with Crippen molar-refractivity contribution in [3.8, 4) is 0 Å². The van der Waals surface area contributed by atoms with Crippen molar-refractivity contribution in [2.24, 2.45) is 0 Å². The Labute approximate surface area is 98.2 Å². The molecule has 0 aromatic heterocycles. The van der Waals surface area contributed by atoms with E-state index in [-0.39, 0.29) is 11.4 Å². The van der Waals surface area contributed by atoms with Gasteiger partial charge in [0.2, 0.25) is 5.91 Å². The molecule has 0 aliphatic heterocycles. The molecule has 76 valence electrons. The molecule has 1 amide bonds. The minimum Gasteiger partial charge on any atom is -0.347 e. The van der Waals surface area contributed by atoms with E-state index in [2.05, 4.69) is 27.9 Å². The van der Waals surface area contributed by atoms with Crippen molar-refractivity contribution in [2.45, 2.75) is 26.3 Å². The zero-order valence-electron chi connectivity index (χ0n) is 8.60. The van der Waals surface area contributed by atoms with Gasteiger partial charge in [0.05, 0.1) is 5.54 Å². The maximum Gasteiger partial charge on any atom is 0.217 e. The number of rotatable bonds is 2. The Kier molecular flexibility index (Phi) is 3.53. The average Bonchev–Trinajstić information content (AvgIpc) is 2.02. The van der Waals surface area contributed by atoms with Gasteiger partial charge in [-0.3, -0.25) is 4.79 Å². The number of benzene rings is 1. The van der Waals surface area contributed by atoms with Crippen LogP contribution in [0, 0.1) is 3.57 Å². The van der Waals surface area contributed by atoms with Crippen LogP contribution in [-0.4, -0.2) is 5.91 Å². The molecule has 0 saturated heterocycles. The summed E-state index contributed by atoms with van der Waals surface area (Å²) in [6, 6.07) is 8.16. The van der Waals surface area contributed by atoms with Crippen LogP contribution in [0.2, 0.25) is 0 Å². The Hall–Kier alpha value is -0.580. The molecule has 14 heavy (non-hydrogen) atoms. The monoisotopic (exact) mass is 303 g/mol. The highest BCUT2D eigenvalue weighted by Crippen LogP contribution is 2.20. The summed E-state index contributed by atoms with van der Waals surface area (Å²) >= 11 is 2.26. The predicted octanol–water partition coefficient (Wildman–Crippen LogP) is 2.66. The number of hydrogen-bond donors (Lipinski definition) is 1. The third kappa shape index (κ3) is 2.97. The first-order valence-corrected chi connectivity index (χ1v) is 5.54. The van der Waals surface area contributed by atoms with Gasteiger partial charge in [0.15, 0.2) is 0 Å². The lowest BCUT2D eigenvalue weighted by molar-refractivity contribution is -0.120.